The van der Waals surface area contributed by atoms with Crippen molar-refractivity contribution in [3.8, 4) is 0 Å². The van der Waals surface area contributed by atoms with E-state index in [0.717, 1.165) is 11.6 Å². The Hall–Kier alpha value is -1.95. The Morgan fingerprint density at radius 3 is 2.67 bits per heavy atom. The molecular formula is C15H12BrF2NO2. The molecule has 2 N–H and O–H groups in total. The summed E-state index contributed by atoms with van der Waals surface area (Å²) in [7, 11) is 0. The number of aryl methyl sites for hydroxylation is 1. The van der Waals surface area contributed by atoms with Gasteiger partial charge in [0.2, 0.25) is 0 Å². The number of benzene rings is 2. The molecule has 0 radical (unpaired) electrons. The molecule has 0 aliphatic heterocycles. The van der Waals surface area contributed by atoms with Gasteiger partial charge in [0.15, 0.2) is 0 Å². The number of halogens is 3. The highest BCUT2D eigenvalue weighted by atomic mass is 79.9. The van der Waals surface area contributed by atoms with Crippen LogP contribution in [0.2, 0.25) is 0 Å². The number of esters is 1. The average molecular weight is 356 g/mol. The van der Waals surface area contributed by atoms with Crippen LogP contribution in [0.25, 0.3) is 0 Å². The van der Waals surface area contributed by atoms with E-state index in [0.29, 0.717) is 5.69 Å². The molecule has 0 bridgehead atoms. The molecule has 0 fully saturated rings. The summed E-state index contributed by atoms with van der Waals surface area (Å²) >= 11 is 2.95. The normalized spacial score (nSPS) is 10.5. The maximum atomic E-state index is 13.7. The maximum absolute atomic E-state index is 13.7. The number of rotatable bonds is 3. The third kappa shape index (κ3) is 3.58. The van der Waals surface area contributed by atoms with E-state index in [1.165, 1.54) is 12.1 Å². The van der Waals surface area contributed by atoms with Crippen LogP contribution in [0, 0.1) is 18.6 Å². The third-order valence-electron chi connectivity index (χ3n) is 2.82. The molecule has 0 saturated heterocycles. The monoisotopic (exact) mass is 355 g/mol. The summed E-state index contributed by atoms with van der Waals surface area (Å²) in [6.07, 6.45) is 0. The van der Waals surface area contributed by atoms with Crippen molar-refractivity contribution in [2.24, 2.45) is 0 Å². The zero-order valence-electron chi connectivity index (χ0n) is 11.1. The van der Waals surface area contributed by atoms with Gasteiger partial charge in [-0.05, 0) is 58.7 Å². The molecule has 0 amide bonds. The van der Waals surface area contributed by atoms with Crippen LogP contribution in [0.4, 0.5) is 14.5 Å². The number of hydrogen-bond donors (Lipinski definition) is 1. The van der Waals surface area contributed by atoms with E-state index >= 15 is 0 Å². The fraction of sp³-hybridized carbons (Fsp3) is 0.133. The topological polar surface area (TPSA) is 52.3 Å². The van der Waals surface area contributed by atoms with Crippen LogP contribution in [0.15, 0.2) is 34.8 Å². The molecule has 6 heteroatoms. The van der Waals surface area contributed by atoms with E-state index in [4.69, 9.17) is 10.5 Å². The number of anilines is 1. The highest BCUT2D eigenvalue weighted by Crippen LogP contribution is 2.22. The minimum Gasteiger partial charge on any atom is -0.457 e. The molecule has 3 nitrogen and oxygen atoms in total. The zero-order valence-corrected chi connectivity index (χ0v) is 12.7. The average Bonchev–Trinajstić information content (AvgIpc) is 2.41. The first-order chi connectivity index (χ1) is 9.88. The lowest BCUT2D eigenvalue weighted by atomic mass is 10.1. The summed E-state index contributed by atoms with van der Waals surface area (Å²) in [6, 6.07) is 7.08. The second kappa shape index (κ2) is 6.22. The number of hydrogen-bond acceptors (Lipinski definition) is 3. The van der Waals surface area contributed by atoms with Crippen molar-refractivity contribution in [1.82, 2.24) is 0 Å². The number of nitrogens with two attached hydrogens (primary N) is 1. The summed E-state index contributed by atoms with van der Waals surface area (Å²) in [5, 5.41) is 0. The Kier molecular flexibility index (Phi) is 4.57. The van der Waals surface area contributed by atoms with Crippen molar-refractivity contribution in [2.45, 2.75) is 13.5 Å². The maximum Gasteiger partial charge on any atom is 0.338 e. The van der Waals surface area contributed by atoms with Crippen LogP contribution in [0.3, 0.4) is 0 Å². The van der Waals surface area contributed by atoms with Crippen LogP contribution in [0.1, 0.15) is 21.5 Å². The highest BCUT2D eigenvalue weighted by molar-refractivity contribution is 9.10. The number of nitrogen functional groups attached to an aromatic ring is 1. The van der Waals surface area contributed by atoms with Gasteiger partial charge in [-0.2, -0.15) is 0 Å². The van der Waals surface area contributed by atoms with Gasteiger partial charge in [-0.1, -0.05) is 0 Å². The molecule has 0 spiro atoms. The van der Waals surface area contributed by atoms with Crippen molar-refractivity contribution in [3.63, 3.8) is 0 Å². The van der Waals surface area contributed by atoms with E-state index in [-0.39, 0.29) is 15.6 Å². The lowest BCUT2D eigenvalue weighted by Crippen LogP contribution is -2.08. The summed E-state index contributed by atoms with van der Waals surface area (Å²) in [5.41, 5.74) is 6.78. The Balaban J connectivity index is 2.17. The predicted molar refractivity (Wildman–Crippen MR) is 78.8 cm³/mol. The van der Waals surface area contributed by atoms with Crippen LogP contribution in [0.5, 0.6) is 0 Å². The summed E-state index contributed by atoms with van der Waals surface area (Å²) < 4.78 is 32.3. The van der Waals surface area contributed by atoms with Crippen molar-refractivity contribution >= 4 is 27.6 Å². The van der Waals surface area contributed by atoms with Crippen LogP contribution in [-0.4, -0.2) is 5.97 Å². The van der Waals surface area contributed by atoms with Gasteiger partial charge in [0.05, 0.1) is 15.6 Å². The fourth-order valence-corrected chi connectivity index (χ4v) is 2.22. The van der Waals surface area contributed by atoms with Crippen molar-refractivity contribution in [2.75, 3.05) is 5.73 Å². The molecule has 2 rings (SSSR count). The fourth-order valence-electron chi connectivity index (χ4n) is 1.85. The largest absolute Gasteiger partial charge is 0.457 e. The van der Waals surface area contributed by atoms with E-state index in [1.807, 2.05) is 0 Å². The second-order valence-corrected chi connectivity index (χ2v) is 5.38. The van der Waals surface area contributed by atoms with Gasteiger partial charge in [0, 0.05) is 5.69 Å². The molecule has 0 unspecified atom stereocenters. The number of carbonyl (C=O) groups excluding carboxylic acids is 1. The van der Waals surface area contributed by atoms with Crippen LogP contribution >= 0.6 is 15.9 Å². The number of ether oxygens (including phenoxy) is 1. The van der Waals surface area contributed by atoms with E-state index in [1.54, 1.807) is 19.1 Å². The van der Waals surface area contributed by atoms with E-state index < -0.39 is 24.2 Å². The van der Waals surface area contributed by atoms with Gasteiger partial charge in [-0.15, -0.1) is 0 Å². The summed E-state index contributed by atoms with van der Waals surface area (Å²) in [5.74, 6) is -2.25. The Bertz CT molecular complexity index is 684. The van der Waals surface area contributed by atoms with Crippen LogP contribution < -0.4 is 5.73 Å². The van der Waals surface area contributed by atoms with Crippen molar-refractivity contribution in [3.05, 3.63) is 63.1 Å². The molecule has 110 valence electrons. The smallest absolute Gasteiger partial charge is 0.338 e. The van der Waals surface area contributed by atoms with Gasteiger partial charge < -0.3 is 10.5 Å². The van der Waals surface area contributed by atoms with Gasteiger partial charge in [0.25, 0.3) is 0 Å². The first-order valence-corrected chi connectivity index (χ1v) is 6.84. The van der Waals surface area contributed by atoms with E-state index in [2.05, 4.69) is 15.9 Å². The molecule has 21 heavy (non-hydrogen) atoms. The van der Waals surface area contributed by atoms with Crippen molar-refractivity contribution < 1.29 is 18.3 Å². The second-order valence-electron chi connectivity index (χ2n) is 4.53. The molecule has 0 aliphatic carbocycles. The standard InChI is InChI=1S/C15H12BrF2NO2/c1-8-4-9(6-10(19)5-8)15(20)21-7-11-13(17)3-2-12(16)14(11)18/h2-6H,7,19H2,1H3. The summed E-state index contributed by atoms with van der Waals surface area (Å²) in [6.45, 7) is 1.28. The predicted octanol–water partition coefficient (Wildman–Crippen LogP) is 3.97. The molecule has 0 heterocycles. The Morgan fingerprint density at radius 1 is 1.29 bits per heavy atom. The molecule has 2 aromatic rings. The Morgan fingerprint density at radius 2 is 2.00 bits per heavy atom. The Labute approximate surface area is 128 Å². The third-order valence-corrected chi connectivity index (χ3v) is 3.43. The molecule has 0 aliphatic rings. The molecular weight excluding hydrogens is 344 g/mol. The zero-order chi connectivity index (χ0) is 15.6. The number of carbonyl (C=O) groups is 1. The van der Waals surface area contributed by atoms with Gasteiger partial charge in [0.1, 0.15) is 18.2 Å². The molecule has 0 atom stereocenters. The van der Waals surface area contributed by atoms with Gasteiger partial charge in [-0.3, -0.25) is 0 Å². The lowest BCUT2D eigenvalue weighted by molar-refractivity contribution is 0.0464. The molecule has 2 aromatic carbocycles. The first kappa shape index (κ1) is 15.4. The highest BCUT2D eigenvalue weighted by Gasteiger charge is 2.15. The quantitative estimate of drug-likeness (QED) is 0.514. The van der Waals surface area contributed by atoms with Crippen LogP contribution in [-0.2, 0) is 11.3 Å². The lowest BCUT2D eigenvalue weighted by Gasteiger charge is -2.09. The minimum absolute atomic E-state index is 0.106. The molecule has 0 aromatic heterocycles. The first-order valence-electron chi connectivity index (χ1n) is 6.05. The SMILES string of the molecule is Cc1cc(N)cc(C(=O)OCc2c(F)ccc(Br)c2F)c1. The van der Waals surface area contributed by atoms with Crippen molar-refractivity contribution in [1.29, 1.82) is 0 Å². The summed E-state index contributed by atoms with van der Waals surface area (Å²) in [4.78, 5) is 11.9. The van der Waals surface area contributed by atoms with E-state index in [9.17, 15) is 13.6 Å². The van der Waals surface area contributed by atoms with Gasteiger partial charge >= 0.3 is 5.97 Å². The molecule has 0 saturated carbocycles. The van der Waals surface area contributed by atoms with Gasteiger partial charge in [-0.25, -0.2) is 13.6 Å². The minimum atomic E-state index is -0.786.